The van der Waals surface area contributed by atoms with E-state index in [0.717, 1.165) is 19.4 Å². The standard InChI is InChI=1S/C19H20ClNO4/c1-23-18-8-7-14(20)11-17(18)21-19(22)13-4-2-5-15(10-13)25-12-16-6-3-9-24-16/h2,4-5,7-8,10-11,16H,3,6,9,12H2,1H3,(H,21,22). The maximum Gasteiger partial charge on any atom is 0.255 e. The number of halogens is 1. The first-order chi connectivity index (χ1) is 12.2. The van der Waals surface area contributed by atoms with E-state index in [4.69, 9.17) is 25.8 Å². The lowest BCUT2D eigenvalue weighted by molar-refractivity contribution is 0.0679. The Morgan fingerprint density at radius 2 is 2.20 bits per heavy atom. The monoisotopic (exact) mass is 361 g/mol. The molecule has 2 aromatic carbocycles. The lowest BCUT2D eigenvalue weighted by Crippen LogP contribution is -2.17. The van der Waals surface area contributed by atoms with Crippen molar-refractivity contribution in [2.45, 2.75) is 18.9 Å². The molecule has 1 fully saturated rings. The number of hydrogen-bond acceptors (Lipinski definition) is 4. The van der Waals surface area contributed by atoms with Crippen LogP contribution in [0.25, 0.3) is 0 Å². The normalized spacial score (nSPS) is 16.5. The van der Waals surface area contributed by atoms with Gasteiger partial charge in [-0.15, -0.1) is 0 Å². The molecule has 0 saturated carbocycles. The summed E-state index contributed by atoms with van der Waals surface area (Å²) in [7, 11) is 1.54. The molecule has 132 valence electrons. The molecule has 0 aromatic heterocycles. The molecular weight excluding hydrogens is 342 g/mol. The zero-order chi connectivity index (χ0) is 17.6. The summed E-state index contributed by atoms with van der Waals surface area (Å²) < 4.78 is 16.5. The van der Waals surface area contributed by atoms with Gasteiger partial charge in [0, 0.05) is 17.2 Å². The highest BCUT2D eigenvalue weighted by molar-refractivity contribution is 6.31. The van der Waals surface area contributed by atoms with Crippen molar-refractivity contribution in [3.8, 4) is 11.5 Å². The zero-order valence-corrected chi connectivity index (χ0v) is 14.7. The smallest absolute Gasteiger partial charge is 0.255 e. The average molecular weight is 362 g/mol. The molecule has 1 unspecified atom stereocenters. The lowest BCUT2D eigenvalue weighted by atomic mass is 10.2. The van der Waals surface area contributed by atoms with Crippen LogP contribution in [-0.2, 0) is 4.74 Å². The number of hydrogen-bond donors (Lipinski definition) is 1. The Bertz CT molecular complexity index is 744. The number of carbonyl (C=O) groups is 1. The molecule has 2 aromatic rings. The fourth-order valence-electron chi connectivity index (χ4n) is 2.66. The molecule has 1 N–H and O–H groups in total. The van der Waals surface area contributed by atoms with Gasteiger partial charge in [0.15, 0.2) is 0 Å². The number of rotatable bonds is 6. The van der Waals surface area contributed by atoms with Gasteiger partial charge in [0.2, 0.25) is 0 Å². The van der Waals surface area contributed by atoms with Crippen molar-refractivity contribution in [1.82, 2.24) is 0 Å². The maximum atomic E-state index is 12.5. The average Bonchev–Trinajstić information content (AvgIpc) is 3.14. The highest BCUT2D eigenvalue weighted by atomic mass is 35.5. The van der Waals surface area contributed by atoms with Gasteiger partial charge in [0.25, 0.3) is 5.91 Å². The first-order valence-electron chi connectivity index (χ1n) is 8.15. The number of amides is 1. The van der Waals surface area contributed by atoms with Gasteiger partial charge in [-0.05, 0) is 49.2 Å². The number of methoxy groups -OCH3 is 1. The second-order valence-corrected chi connectivity index (χ2v) is 6.21. The molecule has 1 heterocycles. The Hall–Kier alpha value is -2.24. The van der Waals surface area contributed by atoms with Crippen LogP contribution >= 0.6 is 11.6 Å². The fraction of sp³-hybridized carbons (Fsp3) is 0.316. The Morgan fingerprint density at radius 1 is 1.32 bits per heavy atom. The summed E-state index contributed by atoms with van der Waals surface area (Å²) in [5.41, 5.74) is 1.01. The van der Waals surface area contributed by atoms with Crippen LogP contribution in [0.3, 0.4) is 0 Å². The Kier molecular flexibility index (Phi) is 5.79. The van der Waals surface area contributed by atoms with E-state index in [1.807, 2.05) is 6.07 Å². The van der Waals surface area contributed by atoms with Gasteiger partial charge in [-0.1, -0.05) is 17.7 Å². The van der Waals surface area contributed by atoms with Gasteiger partial charge in [-0.2, -0.15) is 0 Å². The van der Waals surface area contributed by atoms with Gasteiger partial charge in [-0.25, -0.2) is 0 Å². The second kappa shape index (κ2) is 8.23. The van der Waals surface area contributed by atoms with Crippen molar-refractivity contribution in [2.75, 3.05) is 25.6 Å². The van der Waals surface area contributed by atoms with Crippen LogP contribution in [0.15, 0.2) is 42.5 Å². The number of carbonyl (C=O) groups excluding carboxylic acids is 1. The minimum atomic E-state index is -0.261. The molecule has 5 nitrogen and oxygen atoms in total. The molecule has 1 saturated heterocycles. The first-order valence-corrected chi connectivity index (χ1v) is 8.53. The topological polar surface area (TPSA) is 56.8 Å². The van der Waals surface area contributed by atoms with E-state index in [-0.39, 0.29) is 12.0 Å². The van der Waals surface area contributed by atoms with Crippen LogP contribution in [0, 0.1) is 0 Å². The van der Waals surface area contributed by atoms with Crippen LogP contribution in [0.5, 0.6) is 11.5 Å². The zero-order valence-electron chi connectivity index (χ0n) is 14.0. The Balaban J connectivity index is 1.67. The van der Waals surface area contributed by atoms with Crippen LogP contribution in [0.2, 0.25) is 5.02 Å². The van der Waals surface area contributed by atoms with Gasteiger partial charge in [0.1, 0.15) is 18.1 Å². The van der Waals surface area contributed by atoms with Crippen LogP contribution in [0.1, 0.15) is 23.2 Å². The van der Waals surface area contributed by atoms with Crippen molar-refractivity contribution >= 4 is 23.2 Å². The molecule has 0 spiro atoms. The molecule has 3 rings (SSSR count). The highest BCUT2D eigenvalue weighted by Gasteiger charge is 2.16. The summed E-state index contributed by atoms with van der Waals surface area (Å²) in [6.07, 6.45) is 2.21. The maximum absolute atomic E-state index is 12.5. The third-order valence-electron chi connectivity index (χ3n) is 3.97. The van der Waals surface area contributed by atoms with Crippen molar-refractivity contribution in [3.05, 3.63) is 53.1 Å². The van der Waals surface area contributed by atoms with Crippen molar-refractivity contribution in [3.63, 3.8) is 0 Å². The van der Waals surface area contributed by atoms with E-state index < -0.39 is 0 Å². The SMILES string of the molecule is COc1ccc(Cl)cc1NC(=O)c1cccc(OCC2CCCO2)c1. The lowest BCUT2D eigenvalue weighted by Gasteiger charge is -2.13. The minimum Gasteiger partial charge on any atom is -0.495 e. The summed E-state index contributed by atoms with van der Waals surface area (Å²) in [5.74, 6) is 0.924. The molecule has 0 bridgehead atoms. The predicted molar refractivity (Wildman–Crippen MR) is 96.9 cm³/mol. The first kappa shape index (κ1) is 17.6. The van der Waals surface area contributed by atoms with Gasteiger partial charge < -0.3 is 19.5 Å². The molecule has 0 radical (unpaired) electrons. The van der Waals surface area contributed by atoms with Crippen LogP contribution in [0.4, 0.5) is 5.69 Å². The number of benzene rings is 2. The highest BCUT2D eigenvalue weighted by Crippen LogP contribution is 2.28. The van der Waals surface area contributed by atoms with Gasteiger partial charge in [0.05, 0.1) is 18.9 Å². The Morgan fingerprint density at radius 3 is 2.96 bits per heavy atom. The number of nitrogens with one attached hydrogen (secondary N) is 1. The molecule has 25 heavy (non-hydrogen) atoms. The van der Waals surface area contributed by atoms with Crippen LogP contribution < -0.4 is 14.8 Å². The van der Waals surface area contributed by atoms with Crippen molar-refractivity contribution < 1.29 is 19.0 Å². The summed E-state index contributed by atoms with van der Waals surface area (Å²) in [6.45, 7) is 1.28. The largest absolute Gasteiger partial charge is 0.495 e. The number of ether oxygens (including phenoxy) is 3. The summed E-state index contributed by atoms with van der Waals surface area (Å²) >= 11 is 5.99. The van der Waals surface area contributed by atoms with E-state index in [0.29, 0.717) is 34.4 Å². The van der Waals surface area contributed by atoms with Crippen molar-refractivity contribution in [1.29, 1.82) is 0 Å². The number of anilines is 1. The molecule has 6 heteroatoms. The molecular formula is C19H20ClNO4. The quantitative estimate of drug-likeness (QED) is 0.839. The van der Waals surface area contributed by atoms with E-state index in [1.54, 1.807) is 43.5 Å². The van der Waals surface area contributed by atoms with Gasteiger partial charge in [-0.3, -0.25) is 4.79 Å². The third kappa shape index (κ3) is 4.65. The second-order valence-electron chi connectivity index (χ2n) is 5.77. The van der Waals surface area contributed by atoms with E-state index in [1.165, 1.54) is 0 Å². The summed E-state index contributed by atoms with van der Waals surface area (Å²) in [4.78, 5) is 12.5. The fourth-order valence-corrected chi connectivity index (χ4v) is 2.84. The Labute approximate surface area is 151 Å². The van der Waals surface area contributed by atoms with Gasteiger partial charge >= 0.3 is 0 Å². The third-order valence-corrected chi connectivity index (χ3v) is 4.20. The summed E-state index contributed by atoms with van der Waals surface area (Å²) in [6, 6.07) is 12.1. The molecule has 1 amide bonds. The summed E-state index contributed by atoms with van der Waals surface area (Å²) in [5, 5.41) is 3.33. The van der Waals surface area contributed by atoms with Crippen LogP contribution in [-0.4, -0.2) is 32.3 Å². The minimum absolute atomic E-state index is 0.133. The van der Waals surface area contributed by atoms with E-state index >= 15 is 0 Å². The predicted octanol–water partition coefficient (Wildman–Crippen LogP) is 4.16. The van der Waals surface area contributed by atoms with E-state index in [9.17, 15) is 4.79 Å². The molecule has 1 aliphatic heterocycles. The molecule has 1 aliphatic rings. The molecule has 1 atom stereocenters. The van der Waals surface area contributed by atoms with Crippen molar-refractivity contribution in [2.24, 2.45) is 0 Å². The van der Waals surface area contributed by atoms with E-state index in [2.05, 4.69) is 5.32 Å². The molecule has 0 aliphatic carbocycles.